The maximum Gasteiger partial charge on any atom is 0.265 e. The molecule has 2 aromatic rings. The quantitative estimate of drug-likeness (QED) is 0.841. The van der Waals surface area contributed by atoms with E-state index in [2.05, 4.69) is 26.0 Å². The molecule has 0 atom stereocenters. The summed E-state index contributed by atoms with van der Waals surface area (Å²) in [6, 6.07) is 5.18. The Morgan fingerprint density at radius 2 is 2.05 bits per heavy atom. The highest BCUT2D eigenvalue weighted by Crippen LogP contribution is 2.27. The number of nitrogens with one attached hydrogen (secondary N) is 2. The zero-order valence-corrected chi connectivity index (χ0v) is 13.8. The largest absolute Gasteiger partial charge is 0.464 e. The molecule has 0 bridgehead atoms. The Labute approximate surface area is 130 Å². The van der Waals surface area contributed by atoms with Gasteiger partial charge in [-0.1, -0.05) is 0 Å². The molecule has 1 aromatic carbocycles. The van der Waals surface area contributed by atoms with Gasteiger partial charge in [0.25, 0.3) is 10.0 Å². The molecule has 0 aliphatic rings. The third kappa shape index (κ3) is 3.63. The standard InChI is InChI=1S/C13H14BrFN2O3S/c1-8-13(6-10(20-8)7-16-2)21(18,19)17-12-4-3-9(15)5-11(12)14/h3-6,16-17H,7H2,1-2H3. The number of hydrogen-bond acceptors (Lipinski definition) is 4. The second-order valence-corrected chi connectivity index (χ2v) is 6.90. The fraction of sp³-hybridized carbons (Fsp3) is 0.231. The second-order valence-electron chi connectivity index (χ2n) is 4.39. The normalized spacial score (nSPS) is 11.6. The van der Waals surface area contributed by atoms with Gasteiger partial charge in [-0.2, -0.15) is 0 Å². The van der Waals surface area contributed by atoms with Crippen LogP contribution in [0.4, 0.5) is 10.1 Å². The van der Waals surface area contributed by atoms with Crippen LogP contribution in [0.3, 0.4) is 0 Å². The first-order valence-corrected chi connectivity index (χ1v) is 8.33. The lowest BCUT2D eigenvalue weighted by Crippen LogP contribution is -2.13. The van der Waals surface area contributed by atoms with Gasteiger partial charge in [-0.3, -0.25) is 4.72 Å². The molecule has 2 N–H and O–H groups in total. The van der Waals surface area contributed by atoms with Crippen molar-refractivity contribution in [3.05, 3.63) is 46.1 Å². The van der Waals surface area contributed by atoms with E-state index in [9.17, 15) is 12.8 Å². The van der Waals surface area contributed by atoms with Gasteiger partial charge in [0.15, 0.2) is 0 Å². The van der Waals surface area contributed by atoms with E-state index < -0.39 is 15.8 Å². The molecular formula is C13H14BrFN2O3S. The van der Waals surface area contributed by atoms with Gasteiger partial charge in [0.1, 0.15) is 22.2 Å². The fourth-order valence-electron chi connectivity index (χ4n) is 1.82. The summed E-state index contributed by atoms with van der Waals surface area (Å²) in [5.74, 6) is 0.361. The predicted molar refractivity (Wildman–Crippen MR) is 81.1 cm³/mol. The molecule has 0 amide bonds. The lowest BCUT2D eigenvalue weighted by atomic mass is 10.3. The summed E-state index contributed by atoms with van der Waals surface area (Å²) in [5.41, 5.74) is 0.257. The Morgan fingerprint density at radius 3 is 2.67 bits per heavy atom. The summed E-state index contributed by atoms with van der Waals surface area (Å²) in [6.45, 7) is 2.00. The van der Waals surface area contributed by atoms with Crippen LogP contribution in [-0.4, -0.2) is 15.5 Å². The first-order valence-electron chi connectivity index (χ1n) is 6.05. The summed E-state index contributed by atoms with van der Waals surface area (Å²) in [7, 11) is -2.06. The van der Waals surface area contributed by atoms with Gasteiger partial charge in [0.05, 0.1) is 12.2 Å². The van der Waals surface area contributed by atoms with Crippen molar-refractivity contribution in [1.82, 2.24) is 5.32 Å². The molecule has 1 aromatic heterocycles. The van der Waals surface area contributed by atoms with Gasteiger partial charge in [-0.25, -0.2) is 12.8 Å². The van der Waals surface area contributed by atoms with Crippen LogP contribution < -0.4 is 10.0 Å². The van der Waals surface area contributed by atoms with Gasteiger partial charge in [0.2, 0.25) is 0 Å². The molecule has 0 unspecified atom stereocenters. The van der Waals surface area contributed by atoms with Crippen LogP contribution in [0, 0.1) is 12.7 Å². The first kappa shape index (κ1) is 16.0. The molecule has 0 saturated heterocycles. The van der Waals surface area contributed by atoms with Crippen molar-refractivity contribution < 1.29 is 17.2 Å². The lowest BCUT2D eigenvalue weighted by molar-refractivity contribution is 0.466. The van der Waals surface area contributed by atoms with Crippen molar-refractivity contribution in [3.63, 3.8) is 0 Å². The zero-order valence-electron chi connectivity index (χ0n) is 11.4. The van der Waals surface area contributed by atoms with Crippen LogP contribution in [-0.2, 0) is 16.6 Å². The topological polar surface area (TPSA) is 71.3 Å². The minimum absolute atomic E-state index is 0.0592. The molecular weight excluding hydrogens is 363 g/mol. The number of halogens is 2. The van der Waals surface area contributed by atoms with Crippen LogP contribution in [0.1, 0.15) is 11.5 Å². The number of hydrogen-bond donors (Lipinski definition) is 2. The average molecular weight is 377 g/mol. The molecule has 1 heterocycles. The third-order valence-electron chi connectivity index (χ3n) is 2.74. The van der Waals surface area contributed by atoms with Gasteiger partial charge in [-0.15, -0.1) is 0 Å². The first-order chi connectivity index (χ1) is 9.83. The smallest absolute Gasteiger partial charge is 0.265 e. The molecule has 0 fully saturated rings. The second kappa shape index (κ2) is 6.17. The van der Waals surface area contributed by atoms with Gasteiger partial charge in [0, 0.05) is 10.5 Å². The van der Waals surface area contributed by atoms with Gasteiger partial charge in [-0.05, 0) is 48.1 Å². The Kier molecular flexibility index (Phi) is 4.70. The van der Waals surface area contributed by atoms with E-state index in [1.54, 1.807) is 14.0 Å². The molecule has 0 saturated carbocycles. The van der Waals surface area contributed by atoms with E-state index in [0.717, 1.165) is 0 Å². The molecule has 114 valence electrons. The van der Waals surface area contributed by atoms with Crippen LogP contribution in [0.2, 0.25) is 0 Å². The highest BCUT2D eigenvalue weighted by atomic mass is 79.9. The molecule has 0 aliphatic heterocycles. The van der Waals surface area contributed by atoms with E-state index in [4.69, 9.17) is 4.42 Å². The molecule has 0 radical (unpaired) electrons. The van der Waals surface area contributed by atoms with Crippen LogP contribution in [0.5, 0.6) is 0 Å². The lowest BCUT2D eigenvalue weighted by Gasteiger charge is -2.08. The highest BCUT2D eigenvalue weighted by Gasteiger charge is 2.22. The minimum Gasteiger partial charge on any atom is -0.464 e. The van der Waals surface area contributed by atoms with Crippen LogP contribution in [0.15, 0.2) is 38.1 Å². The molecule has 8 heteroatoms. The fourth-order valence-corrected chi connectivity index (χ4v) is 3.69. The van der Waals surface area contributed by atoms with Crippen molar-refractivity contribution in [1.29, 1.82) is 0 Å². The van der Waals surface area contributed by atoms with E-state index >= 15 is 0 Å². The maximum absolute atomic E-state index is 13.0. The summed E-state index contributed by atoms with van der Waals surface area (Å²) >= 11 is 3.12. The predicted octanol–water partition coefficient (Wildman–Crippen LogP) is 3.01. The van der Waals surface area contributed by atoms with Crippen LogP contribution in [0.25, 0.3) is 0 Å². The SMILES string of the molecule is CNCc1cc(S(=O)(=O)Nc2ccc(F)cc2Br)c(C)o1. The Morgan fingerprint density at radius 1 is 1.33 bits per heavy atom. The van der Waals surface area contributed by atoms with Crippen molar-refractivity contribution in [3.8, 4) is 0 Å². The number of benzene rings is 1. The van der Waals surface area contributed by atoms with Crippen molar-refractivity contribution in [2.24, 2.45) is 0 Å². The van der Waals surface area contributed by atoms with Crippen molar-refractivity contribution >= 4 is 31.6 Å². The van der Waals surface area contributed by atoms with Crippen molar-refractivity contribution in [2.75, 3.05) is 11.8 Å². The Bertz CT molecular complexity index is 759. The van der Waals surface area contributed by atoms with Gasteiger partial charge >= 0.3 is 0 Å². The summed E-state index contributed by atoms with van der Waals surface area (Å²) < 4.78 is 45.9. The van der Waals surface area contributed by atoms with Gasteiger partial charge < -0.3 is 9.73 Å². The molecule has 5 nitrogen and oxygen atoms in total. The third-order valence-corrected chi connectivity index (χ3v) is 4.87. The summed E-state index contributed by atoms with van der Waals surface area (Å²) in [5, 5.41) is 2.88. The van der Waals surface area contributed by atoms with E-state index in [0.29, 0.717) is 22.5 Å². The number of aryl methyl sites for hydroxylation is 1. The number of anilines is 1. The Hall–Kier alpha value is -1.38. The summed E-state index contributed by atoms with van der Waals surface area (Å²) in [4.78, 5) is 0.0592. The van der Waals surface area contributed by atoms with E-state index in [1.165, 1.54) is 24.3 Å². The molecule has 0 spiro atoms. The van der Waals surface area contributed by atoms with E-state index in [1.807, 2.05) is 0 Å². The minimum atomic E-state index is -3.80. The monoisotopic (exact) mass is 376 g/mol. The Balaban J connectivity index is 2.34. The highest BCUT2D eigenvalue weighted by molar-refractivity contribution is 9.10. The summed E-state index contributed by atoms with van der Waals surface area (Å²) in [6.07, 6.45) is 0. The number of furan rings is 1. The number of rotatable bonds is 5. The van der Waals surface area contributed by atoms with Crippen molar-refractivity contribution in [2.45, 2.75) is 18.4 Å². The molecule has 0 aliphatic carbocycles. The van der Waals surface area contributed by atoms with Crippen LogP contribution >= 0.6 is 15.9 Å². The molecule has 21 heavy (non-hydrogen) atoms. The average Bonchev–Trinajstić information content (AvgIpc) is 2.75. The maximum atomic E-state index is 13.0. The zero-order chi connectivity index (χ0) is 15.6. The molecule has 2 rings (SSSR count). The number of sulfonamides is 1. The van der Waals surface area contributed by atoms with E-state index in [-0.39, 0.29) is 10.6 Å².